The summed E-state index contributed by atoms with van der Waals surface area (Å²) in [6.45, 7) is 0.596. The summed E-state index contributed by atoms with van der Waals surface area (Å²) in [4.78, 5) is 38.3. The molecular formula is C30H28F4N8O2. The van der Waals surface area contributed by atoms with Crippen LogP contribution in [0.2, 0.25) is 0 Å². The number of aromatic nitrogens is 6. The molecule has 14 heteroatoms. The molecule has 44 heavy (non-hydrogen) atoms. The predicted octanol–water partition coefficient (Wildman–Crippen LogP) is 5.27. The normalized spacial score (nSPS) is 17.6. The van der Waals surface area contributed by atoms with Gasteiger partial charge in [0.1, 0.15) is 29.1 Å². The molecule has 228 valence electrons. The minimum absolute atomic E-state index is 0.0509. The van der Waals surface area contributed by atoms with Gasteiger partial charge in [-0.1, -0.05) is 12.1 Å². The van der Waals surface area contributed by atoms with Crippen molar-refractivity contribution in [2.45, 2.75) is 57.0 Å². The van der Waals surface area contributed by atoms with Crippen LogP contribution in [0.5, 0.6) is 5.88 Å². The van der Waals surface area contributed by atoms with Crippen molar-refractivity contribution in [3.8, 4) is 28.7 Å². The number of hydrogen-bond acceptors (Lipinski definition) is 8. The van der Waals surface area contributed by atoms with Crippen molar-refractivity contribution >= 4 is 17.4 Å². The van der Waals surface area contributed by atoms with E-state index in [4.69, 9.17) is 9.72 Å². The number of rotatable bonds is 6. The molecule has 5 heterocycles. The van der Waals surface area contributed by atoms with Crippen LogP contribution in [0.3, 0.4) is 0 Å². The van der Waals surface area contributed by atoms with Crippen LogP contribution in [-0.4, -0.2) is 56.1 Å². The number of alkyl halides is 4. The van der Waals surface area contributed by atoms with E-state index in [0.717, 1.165) is 31.7 Å². The number of ether oxygens (including phenoxy) is 1. The molecule has 1 aromatic carbocycles. The number of anilines is 2. The van der Waals surface area contributed by atoms with Gasteiger partial charge in [0.05, 0.1) is 25.5 Å². The van der Waals surface area contributed by atoms with Crippen molar-refractivity contribution in [1.82, 2.24) is 29.5 Å². The fourth-order valence-electron chi connectivity index (χ4n) is 5.80. The lowest BCUT2D eigenvalue weighted by molar-refractivity contribution is -0.117. The second-order valence-corrected chi connectivity index (χ2v) is 11.5. The summed E-state index contributed by atoms with van der Waals surface area (Å²) in [7, 11) is 3.14. The Kier molecular flexibility index (Phi) is 6.38. The summed E-state index contributed by atoms with van der Waals surface area (Å²) in [6.07, 6.45) is 5.52. The summed E-state index contributed by atoms with van der Waals surface area (Å²) in [5.74, 6) is -5.22. The highest BCUT2D eigenvalue weighted by molar-refractivity contribution is 6.02. The zero-order valence-electron chi connectivity index (χ0n) is 24.2. The monoisotopic (exact) mass is 608 g/mol. The zero-order chi connectivity index (χ0) is 31.0. The molecule has 0 bridgehead atoms. The summed E-state index contributed by atoms with van der Waals surface area (Å²) < 4.78 is 65.9. The molecule has 0 saturated heterocycles. The molecule has 0 N–H and O–H groups in total. The van der Waals surface area contributed by atoms with E-state index >= 15 is 8.78 Å². The summed E-state index contributed by atoms with van der Waals surface area (Å²) in [5.41, 5.74) is 1.65. The van der Waals surface area contributed by atoms with E-state index in [1.165, 1.54) is 35.0 Å². The first-order chi connectivity index (χ1) is 20.9. The van der Waals surface area contributed by atoms with Gasteiger partial charge < -0.3 is 19.1 Å². The maximum absolute atomic E-state index is 15.5. The van der Waals surface area contributed by atoms with E-state index in [1.54, 1.807) is 24.2 Å². The number of benzene rings is 1. The molecule has 0 spiro atoms. The van der Waals surface area contributed by atoms with Crippen LogP contribution in [0.15, 0.2) is 36.9 Å². The number of aryl methyl sites for hydroxylation is 1. The number of imidazole rings is 1. The highest BCUT2D eigenvalue weighted by atomic mass is 19.3. The Morgan fingerprint density at radius 2 is 1.93 bits per heavy atom. The van der Waals surface area contributed by atoms with Crippen molar-refractivity contribution in [2.75, 3.05) is 30.5 Å². The fraction of sp³-hybridized carbons (Fsp3) is 0.400. The molecule has 4 aromatic rings. The van der Waals surface area contributed by atoms with Crippen LogP contribution in [0.1, 0.15) is 54.6 Å². The average Bonchev–Trinajstić information content (AvgIpc) is 3.76. The minimum Gasteiger partial charge on any atom is -0.480 e. The number of carbonyl (C=O) groups is 1. The van der Waals surface area contributed by atoms with E-state index in [1.807, 2.05) is 0 Å². The molecule has 3 aliphatic rings. The minimum atomic E-state index is -3.23. The lowest BCUT2D eigenvalue weighted by Gasteiger charge is -2.34. The van der Waals surface area contributed by atoms with Gasteiger partial charge in [-0.2, -0.15) is 8.78 Å². The number of halogens is 4. The highest BCUT2D eigenvalue weighted by Gasteiger charge is 2.40. The third kappa shape index (κ3) is 4.72. The van der Waals surface area contributed by atoms with Gasteiger partial charge in [0.25, 0.3) is 11.8 Å². The Hall–Kier alpha value is -4.62. The van der Waals surface area contributed by atoms with Gasteiger partial charge in [-0.05, 0) is 24.5 Å². The fourth-order valence-corrected chi connectivity index (χ4v) is 5.80. The lowest BCUT2D eigenvalue weighted by atomic mass is 9.97. The van der Waals surface area contributed by atoms with Crippen molar-refractivity contribution in [2.24, 2.45) is 0 Å². The van der Waals surface area contributed by atoms with Crippen molar-refractivity contribution in [3.05, 3.63) is 59.4 Å². The van der Waals surface area contributed by atoms with Gasteiger partial charge in [-0.25, -0.2) is 33.7 Å². The maximum atomic E-state index is 15.5. The van der Waals surface area contributed by atoms with Crippen LogP contribution in [-0.2, 0) is 29.7 Å². The summed E-state index contributed by atoms with van der Waals surface area (Å²) >= 11 is 0. The van der Waals surface area contributed by atoms with E-state index in [0.29, 0.717) is 34.3 Å². The molecule has 10 nitrogen and oxygen atoms in total. The molecule has 0 unspecified atom stereocenters. The first-order valence-corrected chi connectivity index (χ1v) is 14.2. The SMILES string of the molecule is COc1ncnc(C2CC2)c1-c1ncc2c(n1)N(Cc1ccc3c(c1)C(F)(F)CCn1cc(C(C)(F)F)nc1-3)CC(=O)N2C. The number of amides is 1. The quantitative estimate of drug-likeness (QED) is 0.273. The van der Waals surface area contributed by atoms with Crippen LogP contribution in [0.25, 0.3) is 22.8 Å². The Balaban J connectivity index is 1.29. The van der Waals surface area contributed by atoms with Gasteiger partial charge in [-0.15, -0.1) is 0 Å². The molecule has 1 aliphatic carbocycles. The van der Waals surface area contributed by atoms with Gasteiger partial charge in [0.15, 0.2) is 11.6 Å². The van der Waals surface area contributed by atoms with Crippen molar-refractivity contribution in [1.29, 1.82) is 0 Å². The zero-order valence-corrected chi connectivity index (χ0v) is 24.2. The van der Waals surface area contributed by atoms with Crippen molar-refractivity contribution in [3.63, 3.8) is 0 Å². The molecule has 1 fully saturated rings. The molecule has 1 amide bonds. The molecule has 3 aromatic heterocycles. The van der Waals surface area contributed by atoms with E-state index in [9.17, 15) is 13.6 Å². The first-order valence-electron chi connectivity index (χ1n) is 14.2. The molecule has 7 rings (SSSR count). The number of nitrogens with zero attached hydrogens (tertiary/aromatic N) is 8. The Labute approximate surface area is 249 Å². The number of carbonyl (C=O) groups excluding carboxylic acids is 1. The second-order valence-electron chi connectivity index (χ2n) is 11.5. The number of hydrogen-bond donors (Lipinski definition) is 0. The predicted molar refractivity (Wildman–Crippen MR) is 152 cm³/mol. The van der Waals surface area contributed by atoms with Crippen LogP contribution < -0.4 is 14.5 Å². The van der Waals surface area contributed by atoms with Crippen LogP contribution >= 0.6 is 0 Å². The third-order valence-electron chi connectivity index (χ3n) is 8.32. The standard InChI is InChI=1S/C30H28F4N8O2/c1-29(31,32)21-13-41-9-8-30(33,34)19-10-16(4-7-18(19)26(41)38-21)12-42-14-22(43)40(2)20-11-35-25(39-27(20)42)23-24(17-5-6-17)36-15-37-28(23)44-3/h4,7,10-11,13,15,17H,5-6,8-9,12,14H2,1-3H3. The second kappa shape index (κ2) is 9.96. The van der Waals surface area contributed by atoms with Gasteiger partial charge in [-0.3, -0.25) is 4.79 Å². The topological polar surface area (TPSA) is 102 Å². The van der Waals surface area contributed by atoms with Gasteiger partial charge >= 0.3 is 0 Å². The van der Waals surface area contributed by atoms with Crippen molar-refractivity contribution < 1.29 is 27.1 Å². The van der Waals surface area contributed by atoms with Gasteiger partial charge in [0.2, 0.25) is 11.8 Å². The van der Waals surface area contributed by atoms with E-state index in [2.05, 4.69) is 19.9 Å². The van der Waals surface area contributed by atoms with E-state index in [-0.39, 0.29) is 48.4 Å². The number of fused-ring (bicyclic) bond motifs is 4. The lowest BCUT2D eigenvalue weighted by Crippen LogP contribution is -2.44. The third-order valence-corrected chi connectivity index (χ3v) is 8.32. The first kappa shape index (κ1) is 28.2. The average molecular weight is 609 g/mol. The molecule has 0 radical (unpaired) electrons. The summed E-state index contributed by atoms with van der Waals surface area (Å²) in [6, 6.07) is 4.50. The summed E-state index contributed by atoms with van der Waals surface area (Å²) in [5, 5.41) is 0. The Morgan fingerprint density at radius 1 is 1.14 bits per heavy atom. The van der Waals surface area contributed by atoms with Gasteiger partial charge in [0, 0.05) is 56.7 Å². The van der Waals surface area contributed by atoms with Crippen LogP contribution in [0.4, 0.5) is 29.1 Å². The largest absolute Gasteiger partial charge is 0.480 e. The van der Waals surface area contributed by atoms with E-state index < -0.39 is 24.0 Å². The molecule has 0 atom stereocenters. The highest BCUT2D eigenvalue weighted by Crippen LogP contribution is 2.46. The van der Waals surface area contributed by atoms with Crippen LogP contribution in [0, 0.1) is 0 Å². The smallest absolute Gasteiger partial charge is 0.288 e. The Morgan fingerprint density at radius 3 is 2.66 bits per heavy atom. The number of methoxy groups -OCH3 is 1. The molecule has 2 aliphatic heterocycles. The maximum Gasteiger partial charge on any atom is 0.288 e. The molecular weight excluding hydrogens is 580 g/mol. The number of likely N-dealkylation sites (N-methyl/N-ethyl adjacent to an activating group) is 1. The Bertz CT molecular complexity index is 1800. The molecule has 1 saturated carbocycles.